The molecule has 0 aromatic heterocycles. The Balaban J connectivity index is 1.66. The summed E-state index contributed by atoms with van der Waals surface area (Å²) in [7, 11) is 0. The Labute approximate surface area is 120 Å². The van der Waals surface area contributed by atoms with Crippen LogP contribution >= 0.6 is 11.6 Å². The number of nitrogens with zero attached hydrogens (tertiary/aromatic N) is 1. The molecular weight excluding hydrogens is 260 g/mol. The van der Waals surface area contributed by atoms with Crippen molar-refractivity contribution < 1.29 is 5.11 Å². The quantitative estimate of drug-likeness (QED) is 0.787. The fraction of sp³-hybridized carbons (Fsp3) is 0.600. The number of rotatable bonds is 6. The van der Waals surface area contributed by atoms with Crippen LogP contribution in [-0.4, -0.2) is 42.7 Å². The Morgan fingerprint density at radius 3 is 2.68 bits per heavy atom. The highest BCUT2D eigenvalue weighted by molar-refractivity contribution is 6.31. The summed E-state index contributed by atoms with van der Waals surface area (Å²) in [6.45, 7) is 4.97. The second kappa shape index (κ2) is 7.85. The molecule has 1 heterocycles. The third-order valence-corrected chi connectivity index (χ3v) is 4.00. The molecule has 1 aliphatic rings. The van der Waals surface area contributed by atoms with E-state index in [4.69, 9.17) is 11.6 Å². The van der Waals surface area contributed by atoms with Gasteiger partial charge in [-0.05, 0) is 32.0 Å². The average Bonchev–Trinajstić information content (AvgIpc) is 2.45. The molecule has 1 aromatic rings. The normalized spacial score (nSPS) is 18.4. The van der Waals surface area contributed by atoms with E-state index in [2.05, 4.69) is 10.2 Å². The van der Waals surface area contributed by atoms with Gasteiger partial charge in [-0.15, -0.1) is 0 Å². The van der Waals surface area contributed by atoms with Gasteiger partial charge < -0.3 is 15.3 Å². The first-order chi connectivity index (χ1) is 9.27. The van der Waals surface area contributed by atoms with E-state index in [1.165, 1.54) is 32.4 Å². The molecule has 0 spiro atoms. The third-order valence-electron chi connectivity index (χ3n) is 3.66. The van der Waals surface area contributed by atoms with Gasteiger partial charge in [0.15, 0.2) is 0 Å². The van der Waals surface area contributed by atoms with Crippen molar-refractivity contribution >= 4 is 11.6 Å². The van der Waals surface area contributed by atoms with Crippen molar-refractivity contribution in [3.63, 3.8) is 0 Å². The first-order valence-electron chi connectivity index (χ1n) is 7.13. The molecule has 0 amide bonds. The highest BCUT2D eigenvalue weighted by Gasteiger charge is 2.12. The molecule has 0 radical (unpaired) electrons. The van der Waals surface area contributed by atoms with Crippen LogP contribution in [0, 0.1) is 0 Å². The average molecular weight is 283 g/mol. The van der Waals surface area contributed by atoms with E-state index in [-0.39, 0.29) is 0 Å². The highest BCUT2D eigenvalue weighted by atomic mass is 35.5. The Morgan fingerprint density at radius 2 is 1.95 bits per heavy atom. The van der Waals surface area contributed by atoms with Crippen molar-refractivity contribution in [1.82, 2.24) is 10.2 Å². The van der Waals surface area contributed by atoms with Gasteiger partial charge in [-0.1, -0.05) is 36.2 Å². The van der Waals surface area contributed by atoms with Crippen LogP contribution in [0.3, 0.4) is 0 Å². The molecule has 1 aliphatic heterocycles. The summed E-state index contributed by atoms with van der Waals surface area (Å²) in [4.78, 5) is 2.48. The number of hydrogen-bond donors (Lipinski definition) is 2. The van der Waals surface area contributed by atoms with Crippen molar-refractivity contribution in [2.45, 2.75) is 25.4 Å². The topological polar surface area (TPSA) is 35.5 Å². The summed E-state index contributed by atoms with van der Waals surface area (Å²) in [5.74, 6) is 0. The van der Waals surface area contributed by atoms with Gasteiger partial charge in [0.1, 0.15) is 0 Å². The summed E-state index contributed by atoms with van der Waals surface area (Å²) < 4.78 is 0. The van der Waals surface area contributed by atoms with Crippen LogP contribution in [0.1, 0.15) is 30.9 Å². The number of halogens is 1. The van der Waals surface area contributed by atoms with Crippen LogP contribution in [0.4, 0.5) is 0 Å². The van der Waals surface area contributed by atoms with Gasteiger partial charge in [0.05, 0.1) is 6.10 Å². The number of piperidine rings is 1. The molecule has 106 valence electrons. The highest BCUT2D eigenvalue weighted by Crippen LogP contribution is 2.21. The number of hydrogen-bond acceptors (Lipinski definition) is 3. The van der Waals surface area contributed by atoms with Crippen LogP contribution < -0.4 is 5.32 Å². The van der Waals surface area contributed by atoms with Crippen molar-refractivity contribution in [2.75, 3.05) is 32.7 Å². The lowest BCUT2D eigenvalue weighted by Gasteiger charge is -2.26. The molecule has 19 heavy (non-hydrogen) atoms. The molecule has 1 fully saturated rings. The van der Waals surface area contributed by atoms with Crippen LogP contribution in [0.25, 0.3) is 0 Å². The fourth-order valence-electron chi connectivity index (χ4n) is 2.51. The molecule has 2 rings (SSSR count). The number of aliphatic hydroxyl groups is 1. The molecule has 3 nitrogen and oxygen atoms in total. The lowest BCUT2D eigenvalue weighted by molar-refractivity contribution is 0.170. The Kier molecular flexibility index (Phi) is 6.11. The van der Waals surface area contributed by atoms with Gasteiger partial charge in [0, 0.05) is 30.2 Å². The summed E-state index contributed by atoms with van der Waals surface area (Å²) in [6, 6.07) is 7.47. The lowest BCUT2D eigenvalue weighted by atomic mass is 10.1. The van der Waals surface area contributed by atoms with Gasteiger partial charge >= 0.3 is 0 Å². The van der Waals surface area contributed by atoms with E-state index < -0.39 is 6.10 Å². The number of benzene rings is 1. The van der Waals surface area contributed by atoms with Gasteiger partial charge in [-0.2, -0.15) is 0 Å². The van der Waals surface area contributed by atoms with E-state index in [9.17, 15) is 5.11 Å². The first-order valence-corrected chi connectivity index (χ1v) is 7.51. The molecule has 1 unspecified atom stereocenters. The van der Waals surface area contributed by atoms with Crippen LogP contribution in [0.15, 0.2) is 24.3 Å². The SMILES string of the molecule is OC(CNCCN1CCCCC1)c1ccccc1Cl. The maximum Gasteiger partial charge on any atom is 0.0928 e. The monoisotopic (exact) mass is 282 g/mol. The molecule has 0 aliphatic carbocycles. The fourth-order valence-corrected chi connectivity index (χ4v) is 2.78. The smallest absolute Gasteiger partial charge is 0.0928 e. The minimum absolute atomic E-state index is 0.532. The van der Waals surface area contributed by atoms with Gasteiger partial charge in [0.2, 0.25) is 0 Å². The largest absolute Gasteiger partial charge is 0.387 e. The number of nitrogens with one attached hydrogen (secondary N) is 1. The van der Waals surface area contributed by atoms with Gasteiger partial charge in [0.25, 0.3) is 0 Å². The second-order valence-corrected chi connectivity index (χ2v) is 5.55. The van der Waals surface area contributed by atoms with Gasteiger partial charge in [-0.25, -0.2) is 0 Å². The molecule has 1 aromatic carbocycles. The Bertz CT molecular complexity index is 380. The Morgan fingerprint density at radius 1 is 1.21 bits per heavy atom. The molecule has 4 heteroatoms. The summed E-state index contributed by atoms with van der Waals surface area (Å²) in [5.41, 5.74) is 0.801. The number of aliphatic hydroxyl groups excluding tert-OH is 1. The summed E-state index contributed by atoms with van der Waals surface area (Å²) >= 11 is 6.06. The number of likely N-dealkylation sites (tertiary alicyclic amines) is 1. The van der Waals surface area contributed by atoms with Crippen molar-refractivity contribution in [3.05, 3.63) is 34.9 Å². The predicted octanol–water partition coefficient (Wildman–Crippen LogP) is 2.45. The molecule has 0 saturated carbocycles. The van der Waals surface area contributed by atoms with Gasteiger partial charge in [-0.3, -0.25) is 0 Å². The molecule has 0 bridgehead atoms. The first kappa shape index (κ1) is 14.8. The van der Waals surface area contributed by atoms with E-state index in [0.717, 1.165) is 18.7 Å². The maximum absolute atomic E-state index is 10.1. The lowest BCUT2D eigenvalue weighted by Crippen LogP contribution is -2.36. The third kappa shape index (κ3) is 4.77. The van der Waals surface area contributed by atoms with Crippen LogP contribution in [0.5, 0.6) is 0 Å². The standard InChI is InChI=1S/C15H23ClN2O/c16-14-7-3-2-6-13(14)15(19)12-17-8-11-18-9-4-1-5-10-18/h2-3,6-7,15,17,19H,1,4-5,8-12H2. The summed E-state index contributed by atoms with van der Waals surface area (Å²) in [5, 5.41) is 14.0. The Hall–Kier alpha value is -0.610. The van der Waals surface area contributed by atoms with E-state index in [1.54, 1.807) is 0 Å². The van der Waals surface area contributed by atoms with E-state index >= 15 is 0 Å². The molecule has 1 saturated heterocycles. The summed E-state index contributed by atoms with van der Waals surface area (Å²) in [6.07, 6.45) is 3.48. The van der Waals surface area contributed by atoms with E-state index in [0.29, 0.717) is 11.6 Å². The molecule has 1 atom stereocenters. The molecular formula is C15H23ClN2O. The van der Waals surface area contributed by atoms with Crippen molar-refractivity contribution in [3.8, 4) is 0 Å². The zero-order valence-electron chi connectivity index (χ0n) is 11.3. The van der Waals surface area contributed by atoms with Crippen molar-refractivity contribution in [1.29, 1.82) is 0 Å². The minimum Gasteiger partial charge on any atom is -0.387 e. The zero-order chi connectivity index (χ0) is 13.5. The van der Waals surface area contributed by atoms with Crippen LogP contribution in [-0.2, 0) is 0 Å². The maximum atomic E-state index is 10.1. The zero-order valence-corrected chi connectivity index (χ0v) is 12.1. The molecule has 2 N–H and O–H groups in total. The van der Waals surface area contributed by atoms with Crippen LogP contribution in [0.2, 0.25) is 5.02 Å². The minimum atomic E-state index is -0.532. The van der Waals surface area contributed by atoms with Crippen molar-refractivity contribution in [2.24, 2.45) is 0 Å². The second-order valence-electron chi connectivity index (χ2n) is 5.14. The predicted molar refractivity (Wildman–Crippen MR) is 79.6 cm³/mol. The van der Waals surface area contributed by atoms with E-state index in [1.807, 2.05) is 24.3 Å².